The zero-order chi connectivity index (χ0) is 14.0. The first-order valence-corrected chi connectivity index (χ1v) is 5.70. The number of nitrogens with two attached hydrogens (primary N) is 1. The van der Waals surface area contributed by atoms with E-state index in [2.05, 4.69) is 4.98 Å². The number of aromatic nitrogens is 2. The molecule has 0 aliphatic rings. The third-order valence-corrected chi connectivity index (χ3v) is 2.76. The Morgan fingerprint density at radius 1 is 1.32 bits per heavy atom. The van der Waals surface area contributed by atoms with Crippen molar-refractivity contribution in [2.45, 2.75) is 19.1 Å². The molecule has 0 atom stereocenters. The van der Waals surface area contributed by atoms with Gasteiger partial charge in [-0.15, -0.1) is 0 Å². The second-order valence-electron chi connectivity index (χ2n) is 4.08. The van der Waals surface area contributed by atoms with Crippen LogP contribution in [-0.4, -0.2) is 16.1 Å². The van der Waals surface area contributed by atoms with Crippen molar-refractivity contribution < 1.29 is 13.2 Å². The maximum absolute atomic E-state index is 12.9. The minimum absolute atomic E-state index is 0.0452. The first-order valence-electron chi connectivity index (χ1n) is 5.70. The number of hydrogen-bond donors (Lipinski definition) is 1. The Bertz CT molecular complexity index is 649. The van der Waals surface area contributed by atoms with E-state index in [0.717, 1.165) is 10.6 Å². The van der Waals surface area contributed by atoms with Crippen molar-refractivity contribution in [3.05, 3.63) is 40.4 Å². The molecule has 0 aliphatic heterocycles. The van der Waals surface area contributed by atoms with Crippen molar-refractivity contribution >= 4 is 10.9 Å². The summed E-state index contributed by atoms with van der Waals surface area (Å²) in [5, 5.41) is -0.394. The average molecular weight is 271 g/mol. The lowest BCUT2D eigenvalue weighted by Gasteiger charge is -2.11. The standard InChI is InChI=1S/C12H12F3N3O/c13-12(14,15)8-3-1-4-9-10(8)11(19)18(7-17-9)6-2-5-16/h1,3-4,7H,2,5-6,16H2. The Morgan fingerprint density at radius 2 is 2.05 bits per heavy atom. The largest absolute Gasteiger partial charge is 0.417 e. The van der Waals surface area contributed by atoms with Gasteiger partial charge in [0.2, 0.25) is 0 Å². The fourth-order valence-electron chi connectivity index (χ4n) is 1.86. The summed E-state index contributed by atoms with van der Waals surface area (Å²) in [6.07, 6.45) is -2.82. The van der Waals surface area contributed by atoms with Crippen LogP contribution in [0.2, 0.25) is 0 Å². The molecule has 0 radical (unpaired) electrons. The molecule has 0 amide bonds. The molecule has 0 unspecified atom stereocenters. The van der Waals surface area contributed by atoms with Gasteiger partial charge in [-0.05, 0) is 25.1 Å². The van der Waals surface area contributed by atoms with E-state index in [1.165, 1.54) is 18.5 Å². The summed E-state index contributed by atoms with van der Waals surface area (Å²) < 4.78 is 39.8. The van der Waals surface area contributed by atoms with Crippen molar-refractivity contribution in [3.63, 3.8) is 0 Å². The van der Waals surface area contributed by atoms with Gasteiger partial charge in [-0.1, -0.05) is 6.07 Å². The van der Waals surface area contributed by atoms with E-state index >= 15 is 0 Å². The zero-order valence-corrected chi connectivity index (χ0v) is 9.94. The molecule has 0 bridgehead atoms. The Balaban J connectivity index is 2.69. The molecule has 0 aliphatic carbocycles. The van der Waals surface area contributed by atoms with Crippen LogP contribution in [0, 0.1) is 0 Å². The lowest BCUT2D eigenvalue weighted by Crippen LogP contribution is -2.24. The van der Waals surface area contributed by atoms with Crippen LogP contribution in [0.5, 0.6) is 0 Å². The lowest BCUT2D eigenvalue weighted by molar-refractivity contribution is -0.136. The number of aryl methyl sites for hydroxylation is 1. The molecule has 1 aromatic heterocycles. The van der Waals surface area contributed by atoms with Gasteiger partial charge in [-0.3, -0.25) is 9.36 Å². The highest BCUT2D eigenvalue weighted by atomic mass is 19.4. The van der Waals surface area contributed by atoms with Crippen LogP contribution in [-0.2, 0) is 12.7 Å². The van der Waals surface area contributed by atoms with E-state index in [-0.39, 0.29) is 12.1 Å². The highest BCUT2D eigenvalue weighted by Crippen LogP contribution is 2.32. The number of benzene rings is 1. The molecule has 2 rings (SSSR count). The zero-order valence-electron chi connectivity index (χ0n) is 9.94. The molecule has 1 heterocycles. The van der Waals surface area contributed by atoms with Crippen LogP contribution < -0.4 is 11.3 Å². The van der Waals surface area contributed by atoms with Crippen LogP contribution in [0.25, 0.3) is 10.9 Å². The van der Waals surface area contributed by atoms with Gasteiger partial charge in [0, 0.05) is 6.54 Å². The molecule has 2 aromatic rings. The van der Waals surface area contributed by atoms with Crippen LogP contribution in [0.3, 0.4) is 0 Å². The van der Waals surface area contributed by atoms with E-state index in [1.807, 2.05) is 0 Å². The Hall–Kier alpha value is -1.89. The van der Waals surface area contributed by atoms with Gasteiger partial charge in [0.25, 0.3) is 5.56 Å². The van der Waals surface area contributed by atoms with Crippen molar-refractivity contribution in [1.29, 1.82) is 0 Å². The summed E-state index contributed by atoms with van der Waals surface area (Å²) in [5.74, 6) is 0. The van der Waals surface area contributed by atoms with Gasteiger partial charge in [-0.25, -0.2) is 4.98 Å². The van der Waals surface area contributed by atoms with Gasteiger partial charge >= 0.3 is 6.18 Å². The summed E-state index contributed by atoms with van der Waals surface area (Å²) in [7, 11) is 0. The molecule has 2 N–H and O–H groups in total. The van der Waals surface area contributed by atoms with Gasteiger partial charge in [-0.2, -0.15) is 13.2 Å². The fourth-order valence-corrected chi connectivity index (χ4v) is 1.86. The summed E-state index contributed by atoms with van der Waals surface area (Å²) in [6, 6.07) is 3.51. The molecular weight excluding hydrogens is 259 g/mol. The summed E-state index contributed by atoms with van der Waals surface area (Å²) in [4.78, 5) is 16.0. The number of nitrogens with zero attached hydrogens (tertiary/aromatic N) is 2. The number of alkyl halides is 3. The summed E-state index contributed by atoms with van der Waals surface area (Å²) in [6.45, 7) is 0.607. The average Bonchev–Trinajstić information content (AvgIpc) is 2.36. The maximum atomic E-state index is 12.9. The topological polar surface area (TPSA) is 60.9 Å². The number of hydrogen-bond acceptors (Lipinski definition) is 3. The number of rotatable bonds is 3. The van der Waals surface area contributed by atoms with Crippen LogP contribution >= 0.6 is 0 Å². The Morgan fingerprint density at radius 3 is 2.68 bits per heavy atom. The van der Waals surface area contributed by atoms with Crippen molar-refractivity contribution in [3.8, 4) is 0 Å². The quantitative estimate of drug-likeness (QED) is 0.925. The first kappa shape index (κ1) is 13.5. The minimum atomic E-state index is -4.58. The monoisotopic (exact) mass is 271 g/mol. The first-order chi connectivity index (χ1) is 8.95. The maximum Gasteiger partial charge on any atom is 0.417 e. The third kappa shape index (κ3) is 2.60. The van der Waals surface area contributed by atoms with E-state index < -0.39 is 22.7 Å². The number of halogens is 3. The smallest absolute Gasteiger partial charge is 0.330 e. The SMILES string of the molecule is NCCCn1cnc2cccc(C(F)(F)F)c2c1=O. The molecule has 102 valence electrons. The van der Waals surface area contributed by atoms with E-state index in [4.69, 9.17) is 5.73 Å². The normalized spacial score (nSPS) is 12.0. The molecule has 19 heavy (non-hydrogen) atoms. The van der Waals surface area contributed by atoms with Crippen LogP contribution in [0.1, 0.15) is 12.0 Å². The molecule has 0 saturated carbocycles. The van der Waals surface area contributed by atoms with Crippen molar-refractivity contribution in [2.24, 2.45) is 5.73 Å². The molecule has 4 nitrogen and oxygen atoms in total. The highest BCUT2D eigenvalue weighted by molar-refractivity contribution is 5.81. The van der Waals surface area contributed by atoms with E-state index in [0.29, 0.717) is 13.0 Å². The number of fused-ring (bicyclic) bond motifs is 1. The van der Waals surface area contributed by atoms with Crippen molar-refractivity contribution in [1.82, 2.24) is 9.55 Å². The summed E-state index contributed by atoms with van der Waals surface area (Å²) in [5.41, 5.74) is 3.73. The van der Waals surface area contributed by atoms with Crippen LogP contribution in [0.15, 0.2) is 29.3 Å². The molecule has 0 saturated heterocycles. The lowest BCUT2D eigenvalue weighted by atomic mass is 10.1. The van der Waals surface area contributed by atoms with Crippen LogP contribution in [0.4, 0.5) is 13.2 Å². The van der Waals surface area contributed by atoms with Crippen molar-refractivity contribution in [2.75, 3.05) is 6.54 Å². The van der Waals surface area contributed by atoms with E-state index in [1.54, 1.807) is 0 Å². The highest BCUT2D eigenvalue weighted by Gasteiger charge is 2.33. The molecule has 7 heteroatoms. The fraction of sp³-hybridized carbons (Fsp3) is 0.333. The second-order valence-corrected chi connectivity index (χ2v) is 4.08. The predicted octanol–water partition coefficient (Wildman–Crippen LogP) is 1.76. The third-order valence-electron chi connectivity index (χ3n) is 2.76. The minimum Gasteiger partial charge on any atom is -0.330 e. The Labute approximate surface area is 106 Å². The predicted molar refractivity (Wildman–Crippen MR) is 64.7 cm³/mol. The molecule has 1 aromatic carbocycles. The van der Waals surface area contributed by atoms with E-state index in [9.17, 15) is 18.0 Å². The molecular formula is C12H12F3N3O. The van der Waals surface area contributed by atoms with Gasteiger partial charge in [0.1, 0.15) is 0 Å². The second kappa shape index (κ2) is 5.00. The van der Waals surface area contributed by atoms with Gasteiger partial charge in [0.05, 0.1) is 22.8 Å². The summed E-state index contributed by atoms with van der Waals surface area (Å²) >= 11 is 0. The van der Waals surface area contributed by atoms with Gasteiger partial charge < -0.3 is 5.73 Å². The molecule has 0 spiro atoms. The Kier molecular flexibility index (Phi) is 3.57. The molecule has 0 fully saturated rings. The van der Waals surface area contributed by atoms with Gasteiger partial charge in [0.15, 0.2) is 0 Å².